The van der Waals surface area contributed by atoms with E-state index in [1.54, 1.807) is 23.5 Å². The van der Waals surface area contributed by atoms with Gasteiger partial charge in [-0.05, 0) is 77.8 Å². The zero-order valence-electron chi connectivity index (χ0n) is 37.9. The molecule has 0 spiro atoms. The van der Waals surface area contributed by atoms with E-state index < -0.39 is 13.7 Å². The van der Waals surface area contributed by atoms with Gasteiger partial charge in [-0.25, -0.2) is 4.98 Å². The number of aryl methyl sites for hydroxylation is 4. The van der Waals surface area contributed by atoms with Crippen LogP contribution in [0.2, 0.25) is 0 Å². The molecule has 0 N–H and O–H groups in total. The molecule has 6 heteroatoms. The first-order valence-corrected chi connectivity index (χ1v) is 18.6. The monoisotopic (exact) mass is 912 g/mol. The molecule has 4 aromatic carbocycles. The van der Waals surface area contributed by atoms with Gasteiger partial charge in [0.15, 0.2) is 0 Å². The predicted octanol–water partition coefficient (Wildman–Crippen LogP) is 13.4. The summed E-state index contributed by atoms with van der Waals surface area (Å²) in [6.45, 7) is 13.5. The summed E-state index contributed by atoms with van der Waals surface area (Å²) in [7, 11) is 0. The minimum atomic E-state index is -2.18. The van der Waals surface area contributed by atoms with Gasteiger partial charge in [-0.1, -0.05) is 102 Å². The summed E-state index contributed by atoms with van der Waals surface area (Å²) in [6, 6.07) is 31.1. The number of hydrogen-bond donors (Lipinski definition) is 0. The van der Waals surface area contributed by atoms with Crippen LogP contribution in [-0.4, -0.2) is 15.0 Å². The summed E-state index contributed by atoms with van der Waals surface area (Å²) in [5, 5.41) is 3.28. The summed E-state index contributed by atoms with van der Waals surface area (Å²) in [5.41, 5.74) is 12.4. The second-order valence-corrected chi connectivity index (χ2v) is 16.9. The Balaban J connectivity index is 0.000000243. The zero-order chi connectivity index (χ0) is 42.7. The Morgan fingerprint density at radius 3 is 2.15 bits per heavy atom. The Labute approximate surface area is 345 Å². The zero-order valence-corrected chi connectivity index (χ0v) is 35.1. The summed E-state index contributed by atoms with van der Waals surface area (Å²) in [5.74, 6) is 0. The largest absolute Gasteiger partial charge is 0.498 e. The topological polar surface area (TPSA) is 51.8 Å². The molecule has 0 atom stereocenters. The van der Waals surface area contributed by atoms with Crippen molar-refractivity contribution in [2.75, 3.05) is 0 Å². The average molecular weight is 912 g/mol. The van der Waals surface area contributed by atoms with Gasteiger partial charge in [0.25, 0.3) is 0 Å². The van der Waals surface area contributed by atoms with Crippen LogP contribution in [0.25, 0.3) is 65.8 Å². The second kappa shape index (κ2) is 15.3. The van der Waals surface area contributed by atoms with E-state index in [0.29, 0.717) is 11.3 Å². The van der Waals surface area contributed by atoms with Crippen molar-refractivity contribution in [3.8, 4) is 33.6 Å². The van der Waals surface area contributed by atoms with Gasteiger partial charge in [-0.2, -0.15) is 0 Å². The van der Waals surface area contributed by atoms with Gasteiger partial charge < -0.3 is 14.4 Å². The van der Waals surface area contributed by atoms with Crippen molar-refractivity contribution < 1.29 is 32.7 Å². The van der Waals surface area contributed by atoms with Crippen molar-refractivity contribution in [3.05, 3.63) is 136 Å². The van der Waals surface area contributed by atoms with Crippen molar-refractivity contribution >= 4 is 43.5 Å². The van der Waals surface area contributed by atoms with Crippen LogP contribution in [0, 0.1) is 45.1 Å². The van der Waals surface area contributed by atoms with E-state index >= 15 is 0 Å². The Hall–Kier alpha value is -4.48. The van der Waals surface area contributed by atoms with E-state index in [1.165, 1.54) is 52.2 Å². The Kier molecular flexibility index (Phi) is 9.04. The van der Waals surface area contributed by atoms with Crippen LogP contribution in [0.4, 0.5) is 0 Å². The number of fused-ring (bicyclic) bond motifs is 5. The summed E-state index contributed by atoms with van der Waals surface area (Å²) >= 11 is 1.75. The number of nitrogens with zero attached hydrogens (tertiary/aromatic N) is 3. The Morgan fingerprint density at radius 2 is 1.50 bits per heavy atom. The van der Waals surface area contributed by atoms with Crippen LogP contribution >= 0.6 is 11.3 Å². The summed E-state index contributed by atoms with van der Waals surface area (Å²) in [4.78, 5) is 14.1. The molecule has 0 aliphatic heterocycles. The van der Waals surface area contributed by atoms with Crippen LogP contribution in [0.3, 0.4) is 0 Å². The molecule has 1 radical (unpaired) electrons. The van der Waals surface area contributed by atoms with E-state index in [0.717, 1.165) is 54.8 Å². The fraction of sp³-hybridized carbons (Fsp3) is 0.271. The number of aromatic nitrogens is 3. The minimum absolute atomic E-state index is 0. The van der Waals surface area contributed by atoms with Crippen molar-refractivity contribution in [1.82, 2.24) is 15.0 Å². The fourth-order valence-electron chi connectivity index (χ4n) is 6.65. The van der Waals surface area contributed by atoms with Crippen LogP contribution < -0.4 is 0 Å². The molecule has 0 saturated carbocycles. The van der Waals surface area contributed by atoms with E-state index in [4.69, 9.17) is 22.6 Å². The summed E-state index contributed by atoms with van der Waals surface area (Å²) in [6.07, 6.45) is 4.29. The van der Waals surface area contributed by atoms with Crippen LogP contribution in [0.15, 0.2) is 95.7 Å². The number of benzene rings is 4. The third-order valence-corrected chi connectivity index (χ3v) is 10.6. The molecule has 0 unspecified atom stereocenters. The summed E-state index contributed by atoms with van der Waals surface area (Å²) < 4.78 is 51.4. The molecule has 4 nitrogen and oxygen atoms in total. The number of thiazole rings is 1. The maximum atomic E-state index is 7.28. The molecule has 0 saturated heterocycles. The SMILES string of the molecule is Cc1cccc(C)c1-c1cnc(-c2[c-]ccc3c2oc2c3ccc3sc(C(C)(C)C)nc32)cc1CC(C)(C)C.[2H]C([2H])([2H])c1c[c-]c(-c2ccc(C([2H])([2H])[2H])cn2)cc1.[Ir]. The average Bonchev–Trinajstić information content (AvgIpc) is 3.77. The van der Waals surface area contributed by atoms with Crippen molar-refractivity contribution in [2.45, 2.75) is 80.9 Å². The van der Waals surface area contributed by atoms with Crippen LogP contribution in [-0.2, 0) is 31.9 Å². The molecule has 0 bridgehead atoms. The van der Waals surface area contributed by atoms with E-state index in [1.807, 2.05) is 6.07 Å². The number of pyridine rings is 2. The van der Waals surface area contributed by atoms with Gasteiger partial charge in [-0.3, -0.25) is 0 Å². The normalized spacial score (nSPS) is 13.9. The molecule has 0 aliphatic carbocycles. The Morgan fingerprint density at radius 1 is 0.778 bits per heavy atom. The molecule has 54 heavy (non-hydrogen) atoms. The van der Waals surface area contributed by atoms with E-state index in [9.17, 15) is 0 Å². The third kappa shape index (κ3) is 8.12. The third-order valence-electron chi connectivity index (χ3n) is 9.17. The molecular formula is C48H47IrN3OS-2. The van der Waals surface area contributed by atoms with Gasteiger partial charge in [0.1, 0.15) is 11.1 Å². The number of rotatable bonds is 4. The molecular weight excluding hydrogens is 859 g/mol. The van der Waals surface area contributed by atoms with Crippen molar-refractivity contribution in [3.63, 3.8) is 0 Å². The minimum Gasteiger partial charge on any atom is -0.498 e. The maximum Gasteiger partial charge on any atom is 0.148 e. The smallest absolute Gasteiger partial charge is 0.148 e. The molecule has 8 aromatic rings. The van der Waals surface area contributed by atoms with E-state index in [-0.39, 0.29) is 42.1 Å². The van der Waals surface area contributed by atoms with Crippen LogP contribution in [0.1, 0.15) is 82.6 Å². The molecule has 4 heterocycles. The number of furan rings is 1. The first-order valence-electron chi connectivity index (χ1n) is 20.8. The molecule has 277 valence electrons. The van der Waals surface area contributed by atoms with Gasteiger partial charge in [-0.15, -0.1) is 64.9 Å². The van der Waals surface area contributed by atoms with Crippen molar-refractivity contribution in [1.29, 1.82) is 0 Å². The molecule has 4 aromatic heterocycles. The molecule has 8 rings (SSSR count). The fourth-order valence-corrected chi connectivity index (χ4v) is 7.68. The van der Waals surface area contributed by atoms with Crippen LogP contribution in [0.5, 0.6) is 0 Å². The van der Waals surface area contributed by atoms with Crippen molar-refractivity contribution in [2.24, 2.45) is 5.41 Å². The van der Waals surface area contributed by atoms with Gasteiger partial charge in [0.05, 0.1) is 15.3 Å². The van der Waals surface area contributed by atoms with Gasteiger partial charge >= 0.3 is 0 Å². The van der Waals surface area contributed by atoms with E-state index in [2.05, 4.69) is 121 Å². The molecule has 0 aliphatic rings. The number of hydrogen-bond acceptors (Lipinski definition) is 5. The predicted molar refractivity (Wildman–Crippen MR) is 224 cm³/mol. The maximum absolute atomic E-state index is 7.28. The second-order valence-electron chi connectivity index (χ2n) is 15.9. The Bertz CT molecular complexity index is 2730. The standard InChI is InChI=1S/C35H35N2OS.C13H12N.Ir/c1-20-11-9-12-21(2)29(20)26-19-36-27(17-22(26)18-34(3,4)5)25-14-10-13-23-24-15-16-28-30(32(24)38-31(23)25)37-33(39-28)35(6,7)8;1-10-3-6-12(7-4-10)13-8-5-11(2)9-14-13;/h9-13,15-17,19H,18H2,1-8H3;3-6,8-9H,1-2H3;/q2*-1;/i;1D3,2D3;. The quantitative estimate of drug-likeness (QED) is 0.165. The molecule has 0 amide bonds. The van der Waals surface area contributed by atoms with Gasteiger partial charge in [0.2, 0.25) is 0 Å². The molecule has 0 fully saturated rings. The first-order chi connectivity index (χ1) is 27.6. The van der Waals surface area contributed by atoms with Gasteiger partial charge in [0, 0.05) is 57.1 Å². The first kappa shape index (κ1) is 31.8.